The number of rotatable bonds is 6. The molecule has 0 heterocycles. The number of ether oxygens (including phenoxy) is 1. The number of unbranched alkanes of at least 4 members (excludes halogenated alkanes) is 1. The summed E-state index contributed by atoms with van der Waals surface area (Å²) in [5, 5.41) is 9.09. The van der Waals surface area contributed by atoms with Crippen LogP contribution < -0.4 is 16.0 Å². The van der Waals surface area contributed by atoms with Crippen LogP contribution >= 0.6 is 11.6 Å². The van der Waals surface area contributed by atoms with Gasteiger partial charge >= 0.3 is 0 Å². The topological polar surface area (TPSA) is 88.1 Å². The molecular formula is C12H14ClN3O2. The fourth-order valence-corrected chi connectivity index (χ4v) is 1.56. The van der Waals surface area contributed by atoms with Gasteiger partial charge in [0.05, 0.1) is 23.3 Å². The number of nitrogens with zero attached hydrogens (tertiary/aromatic N) is 1. The number of halogens is 1. The number of hydrogen-bond acceptors (Lipinski definition) is 4. The van der Waals surface area contributed by atoms with E-state index in [1.54, 1.807) is 18.2 Å². The van der Waals surface area contributed by atoms with Crippen molar-refractivity contribution >= 4 is 17.5 Å². The summed E-state index contributed by atoms with van der Waals surface area (Å²) in [7, 11) is 0. The number of hydrogen-bond donors (Lipinski definition) is 2. The van der Waals surface area contributed by atoms with Crippen LogP contribution in [0.25, 0.3) is 0 Å². The summed E-state index contributed by atoms with van der Waals surface area (Å²) in [5.41, 5.74) is 2.56. The number of nitriles is 1. The Morgan fingerprint density at radius 2 is 2.28 bits per heavy atom. The van der Waals surface area contributed by atoms with Gasteiger partial charge in [0.15, 0.2) is 0 Å². The average Bonchev–Trinajstić information content (AvgIpc) is 2.39. The Labute approximate surface area is 110 Å². The highest BCUT2D eigenvalue weighted by atomic mass is 35.5. The second-order valence-corrected chi connectivity index (χ2v) is 4.04. The number of amides is 1. The van der Waals surface area contributed by atoms with Crippen molar-refractivity contribution in [1.29, 1.82) is 5.26 Å². The van der Waals surface area contributed by atoms with Crippen molar-refractivity contribution in [3.8, 4) is 11.8 Å². The van der Waals surface area contributed by atoms with Crippen molar-refractivity contribution in [2.24, 2.45) is 5.84 Å². The minimum atomic E-state index is -0.189. The second-order valence-electron chi connectivity index (χ2n) is 3.63. The highest BCUT2D eigenvalue weighted by Crippen LogP contribution is 2.25. The molecule has 0 fully saturated rings. The van der Waals surface area contributed by atoms with Crippen LogP contribution in [-0.4, -0.2) is 12.5 Å². The van der Waals surface area contributed by atoms with Crippen LogP contribution in [0.2, 0.25) is 5.02 Å². The van der Waals surface area contributed by atoms with Crippen molar-refractivity contribution < 1.29 is 9.53 Å². The molecule has 5 nitrogen and oxygen atoms in total. The summed E-state index contributed by atoms with van der Waals surface area (Å²) < 4.78 is 5.45. The molecule has 0 aliphatic carbocycles. The first kappa shape index (κ1) is 14.3. The molecule has 1 amide bonds. The van der Waals surface area contributed by atoms with Gasteiger partial charge in [-0.1, -0.05) is 11.6 Å². The third kappa shape index (κ3) is 4.62. The maximum Gasteiger partial charge on any atom is 0.233 e. The summed E-state index contributed by atoms with van der Waals surface area (Å²) in [4.78, 5) is 10.8. The van der Waals surface area contributed by atoms with Crippen LogP contribution in [-0.2, 0) is 4.79 Å². The van der Waals surface area contributed by atoms with Gasteiger partial charge in [0.25, 0.3) is 0 Å². The number of benzene rings is 1. The maximum absolute atomic E-state index is 10.8. The van der Waals surface area contributed by atoms with Gasteiger partial charge in [-0.15, -0.1) is 0 Å². The van der Waals surface area contributed by atoms with Crippen LogP contribution in [0.15, 0.2) is 18.2 Å². The normalized spacial score (nSPS) is 9.61. The lowest BCUT2D eigenvalue weighted by atomic mass is 10.2. The quantitative estimate of drug-likeness (QED) is 0.356. The van der Waals surface area contributed by atoms with Gasteiger partial charge in [-0.05, 0) is 31.0 Å². The first-order chi connectivity index (χ1) is 8.67. The van der Waals surface area contributed by atoms with Crippen molar-refractivity contribution in [2.75, 3.05) is 6.61 Å². The number of carbonyl (C=O) groups is 1. The summed E-state index contributed by atoms with van der Waals surface area (Å²) in [5.74, 6) is 5.30. The van der Waals surface area contributed by atoms with E-state index in [0.29, 0.717) is 35.8 Å². The van der Waals surface area contributed by atoms with Gasteiger partial charge < -0.3 is 4.74 Å². The van der Waals surface area contributed by atoms with Crippen LogP contribution in [0, 0.1) is 11.3 Å². The zero-order chi connectivity index (χ0) is 13.4. The Balaban J connectivity index is 2.32. The molecule has 6 heteroatoms. The molecule has 3 N–H and O–H groups in total. The van der Waals surface area contributed by atoms with E-state index in [-0.39, 0.29) is 5.91 Å². The Kier molecular flexibility index (Phi) is 5.98. The average molecular weight is 268 g/mol. The monoisotopic (exact) mass is 267 g/mol. The lowest BCUT2D eigenvalue weighted by molar-refractivity contribution is -0.121. The molecule has 1 rings (SSSR count). The largest absolute Gasteiger partial charge is 0.492 e. The molecule has 0 saturated heterocycles. The minimum absolute atomic E-state index is 0.189. The third-order valence-corrected chi connectivity index (χ3v) is 2.57. The van der Waals surface area contributed by atoms with E-state index in [1.165, 1.54) is 0 Å². The zero-order valence-corrected chi connectivity index (χ0v) is 10.5. The lowest BCUT2D eigenvalue weighted by Crippen LogP contribution is -2.29. The molecule has 0 radical (unpaired) electrons. The smallest absolute Gasteiger partial charge is 0.233 e. The molecule has 0 atom stereocenters. The van der Waals surface area contributed by atoms with Crippen molar-refractivity contribution in [3.05, 3.63) is 28.8 Å². The second kappa shape index (κ2) is 7.54. The maximum atomic E-state index is 10.8. The summed E-state index contributed by atoms with van der Waals surface area (Å²) in [6.45, 7) is 0.462. The first-order valence-corrected chi connectivity index (χ1v) is 5.87. The van der Waals surface area contributed by atoms with E-state index in [9.17, 15) is 4.79 Å². The third-order valence-electron chi connectivity index (χ3n) is 2.28. The van der Waals surface area contributed by atoms with Crippen molar-refractivity contribution in [3.63, 3.8) is 0 Å². The molecule has 0 bridgehead atoms. The Morgan fingerprint density at radius 3 is 2.89 bits per heavy atom. The SMILES string of the molecule is N#Cc1ccc(OCCCCC(=O)NN)c(Cl)c1. The van der Waals surface area contributed by atoms with Gasteiger partial charge in [0, 0.05) is 6.42 Å². The fraction of sp³-hybridized carbons (Fsp3) is 0.333. The predicted molar refractivity (Wildman–Crippen MR) is 67.8 cm³/mol. The molecule has 0 spiro atoms. The highest BCUT2D eigenvalue weighted by molar-refractivity contribution is 6.32. The number of carbonyl (C=O) groups excluding carboxylic acids is 1. The van der Waals surface area contributed by atoms with Crippen LogP contribution in [0.4, 0.5) is 0 Å². The van der Waals surface area contributed by atoms with Crippen LogP contribution in [0.1, 0.15) is 24.8 Å². The van der Waals surface area contributed by atoms with Gasteiger partial charge in [0.1, 0.15) is 5.75 Å². The van der Waals surface area contributed by atoms with Crippen molar-refractivity contribution in [1.82, 2.24) is 5.43 Å². The van der Waals surface area contributed by atoms with E-state index < -0.39 is 0 Å². The predicted octanol–water partition coefficient (Wildman–Crippen LogP) is 1.75. The first-order valence-electron chi connectivity index (χ1n) is 5.49. The van der Waals surface area contributed by atoms with E-state index >= 15 is 0 Å². The molecule has 0 aliphatic heterocycles. The van der Waals surface area contributed by atoms with Gasteiger partial charge in [-0.2, -0.15) is 5.26 Å². The highest BCUT2D eigenvalue weighted by Gasteiger charge is 2.03. The Bertz CT molecular complexity index is 457. The summed E-state index contributed by atoms with van der Waals surface area (Å²) in [6.07, 6.45) is 1.79. The van der Waals surface area contributed by atoms with Crippen LogP contribution in [0.3, 0.4) is 0 Å². The van der Waals surface area contributed by atoms with Crippen LogP contribution in [0.5, 0.6) is 5.75 Å². The fourth-order valence-electron chi connectivity index (χ4n) is 1.33. The van der Waals surface area contributed by atoms with E-state index in [2.05, 4.69) is 5.43 Å². The summed E-state index contributed by atoms with van der Waals surface area (Å²) in [6, 6.07) is 6.85. The standard InChI is InChI=1S/C12H14ClN3O2/c13-10-7-9(8-14)4-5-11(10)18-6-2-1-3-12(17)16-15/h4-5,7H,1-3,6,15H2,(H,16,17). The Hall–Kier alpha value is -1.77. The molecule has 18 heavy (non-hydrogen) atoms. The van der Waals surface area contributed by atoms with E-state index in [1.807, 2.05) is 6.07 Å². The number of hydrazine groups is 1. The summed E-state index contributed by atoms with van der Waals surface area (Å²) >= 11 is 5.94. The molecule has 0 aliphatic rings. The molecule has 0 unspecified atom stereocenters. The minimum Gasteiger partial charge on any atom is -0.492 e. The van der Waals surface area contributed by atoms with Gasteiger partial charge in [-0.25, -0.2) is 5.84 Å². The lowest BCUT2D eigenvalue weighted by Gasteiger charge is -2.07. The van der Waals surface area contributed by atoms with E-state index in [4.69, 9.17) is 27.4 Å². The molecule has 0 saturated carbocycles. The number of nitrogens with two attached hydrogens (primary N) is 1. The molecular weight excluding hydrogens is 254 g/mol. The molecule has 1 aromatic rings. The molecule has 96 valence electrons. The van der Waals surface area contributed by atoms with Gasteiger partial charge in [0.2, 0.25) is 5.91 Å². The van der Waals surface area contributed by atoms with Crippen molar-refractivity contribution in [2.45, 2.75) is 19.3 Å². The Morgan fingerprint density at radius 1 is 1.50 bits per heavy atom. The van der Waals surface area contributed by atoms with Gasteiger partial charge in [-0.3, -0.25) is 10.2 Å². The molecule has 0 aromatic heterocycles. The molecule has 1 aromatic carbocycles. The van der Waals surface area contributed by atoms with E-state index in [0.717, 1.165) is 6.42 Å². The zero-order valence-electron chi connectivity index (χ0n) is 9.78. The number of nitrogens with one attached hydrogen (secondary N) is 1.